The van der Waals surface area contributed by atoms with E-state index in [4.69, 9.17) is 10.8 Å². The van der Waals surface area contributed by atoms with Crippen molar-refractivity contribution in [1.29, 1.82) is 0 Å². The summed E-state index contributed by atoms with van der Waals surface area (Å²) in [5.74, 6) is -0.271. The number of imidazole rings is 1. The Labute approximate surface area is 92.5 Å². The minimum absolute atomic E-state index is 0.0865. The van der Waals surface area contributed by atoms with E-state index < -0.39 is 5.97 Å². The van der Waals surface area contributed by atoms with Gasteiger partial charge in [-0.2, -0.15) is 0 Å². The maximum Gasteiger partial charge on any atom is 0.356 e. The van der Waals surface area contributed by atoms with Gasteiger partial charge in [-0.05, 0) is 18.6 Å². The number of rotatable bonds is 3. The topological polar surface area (TPSA) is 80.6 Å². The Morgan fingerprint density at radius 2 is 2.31 bits per heavy atom. The van der Waals surface area contributed by atoms with Crippen LogP contribution in [0.25, 0.3) is 5.52 Å². The van der Waals surface area contributed by atoms with Gasteiger partial charge in [-0.15, -0.1) is 0 Å². The molecule has 0 amide bonds. The fourth-order valence-electron chi connectivity index (χ4n) is 1.72. The highest BCUT2D eigenvalue weighted by Gasteiger charge is 2.15. The summed E-state index contributed by atoms with van der Waals surface area (Å²) < 4.78 is 1.75. The molecule has 5 heteroatoms. The average Bonchev–Trinajstić information content (AvgIpc) is 2.58. The Kier molecular flexibility index (Phi) is 2.52. The van der Waals surface area contributed by atoms with E-state index in [9.17, 15) is 4.79 Å². The molecule has 2 rings (SSSR count). The molecular weight excluding hydrogens is 206 g/mol. The molecule has 2 aromatic rings. The van der Waals surface area contributed by atoms with Gasteiger partial charge in [0.15, 0.2) is 5.69 Å². The van der Waals surface area contributed by atoms with Gasteiger partial charge in [0.05, 0.1) is 5.52 Å². The molecule has 3 N–H and O–H groups in total. The minimum Gasteiger partial charge on any atom is -0.476 e. The molecular formula is C11H13N3O2. The standard InChI is InChI=1S/C11H13N3O2/c1-2-3-9-13-10(11(15)16)8-5-4-7(12)6-14(8)9/h4-6H,2-3,12H2,1H3,(H,15,16). The number of aromatic nitrogens is 2. The smallest absolute Gasteiger partial charge is 0.356 e. The number of nitrogens with two attached hydrogens (primary N) is 1. The average molecular weight is 219 g/mol. The Morgan fingerprint density at radius 3 is 2.94 bits per heavy atom. The molecule has 0 unspecified atom stereocenters. The summed E-state index contributed by atoms with van der Waals surface area (Å²) in [5.41, 5.74) is 6.95. The maximum atomic E-state index is 11.0. The second-order valence-corrected chi connectivity index (χ2v) is 3.65. The highest BCUT2D eigenvalue weighted by Crippen LogP contribution is 2.16. The number of hydrogen-bond donors (Lipinski definition) is 2. The second kappa shape index (κ2) is 3.84. The molecule has 0 radical (unpaired) electrons. The first kappa shape index (κ1) is 10.5. The van der Waals surface area contributed by atoms with Crippen molar-refractivity contribution in [3.05, 3.63) is 29.8 Å². The number of carboxylic acid groups (broad SMARTS) is 1. The lowest BCUT2D eigenvalue weighted by molar-refractivity contribution is 0.0693. The van der Waals surface area contributed by atoms with E-state index in [2.05, 4.69) is 4.98 Å². The third-order valence-electron chi connectivity index (χ3n) is 2.41. The van der Waals surface area contributed by atoms with Gasteiger partial charge in [-0.3, -0.25) is 0 Å². The maximum absolute atomic E-state index is 11.0. The molecule has 0 aliphatic rings. The normalized spacial score (nSPS) is 10.8. The number of hydrogen-bond acceptors (Lipinski definition) is 3. The Balaban J connectivity index is 2.71. The van der Waals surface area contributed by atoms with Gasteiger partial charge >= 0.3 is 5.97 Å². The van der Waals surface area contributed by atoms with Crippen LogP contribution in [0.5, 0.6) is 0 Å². The number of nitrogen functional groups attached to an aromatic ring is 1. The van der Waals surface area contributed by atoms with Crippen molar-refractivity contribution in [2.75, 3.05) is 5.73 Å². The van der Waals surface area contributed by atoms with E-state index in [1.807, 2.05) is 6.92 Å². The van der Waals surface area contributed by atoms with Crippen molar-refractivity contribution in [1.82, 2.24) is 9.38 Å². The van der Waals surface area contributed by atoms with Crippen molar-refractivity contribution in [2.45, 2.75) is 19.8 Å². The molecule has 0 aliphatic heterocycles. The van der Waals surface area contributed by atoms with Crippen molar-refractivity contribution in [2.24, 2.45) is 0 Å². The molecule has 0 aromatic carbocycles. The number of carboxylic acids is 1. The molecule has 0 spiro atoms. The van der Waals surface area contributed by atoms with Crippen LogP contribution in [-0.2, 0) is 6.42 Å². The van der Waals surface area contributed by atoms with Gasteiger partial charge in [-0.1, -0.05) is 6.92 Å². The number of anilines is 1. The predicted octanol–water partition coefficient (Wildman–Crippen LogP) is 1.57. The van der Waals surface area contributed by atoms with Gasteiger partial charge in [-0.25, -0.2) is 9.78 Å². The predicted molar refractivity (Wildman–Crippen MR) is 60.6 cm³/mol. The third-order valence-corrected chi connectivity index (χ3v) is 2.41. The zero-order valence-corrected chi connectivity index (χ0v) is 8.97. The number of fused-ring (bicyclic) bond motifs is 1. The summed E-state index contributed by atoms with van der Waals surface area (Å²) in [6.45, 7) is 2.02. The SMILES string of the molecule is CCCc1nc(C(=O)O)c2ccc(N)cn12. The van der Waals surface area contributed by atoms with Crippen molar-refractivity contribution in [3.8, 4) is 0 Å². The summed E-state index contributed by atoms with van der Waals surface area (Å²) in [6, 6.07) is 3.37. The molecule has 0 saturated heterocycles. The quantitative estimate of drug-likeness (QED) is 0.821. The first-order chi connectivity index (χ1) is 7.63. The first-order valence-corrected chi connectivity index (χ1v) is 5.13. The van der Waals surface area contributed by atoms with E-state index >= 15 is 0 Å². The van der Waals surface area contributed by atoms with Gasteiger partial charge in [0.2, 0.25) is 0 Å². The van der Waals surface area contributed by atoms with E-state index in [0.29, 0.717) is 11.2 Å². The monoisotopic (exact) mass is 219 g/mol. The number of carbonyl (C=O) groups is 1. The van der Waals surface area contributed by atoms with Crippen LogP contribution in [0.1, 0.15) is 29.7 Å². The molecule has 0 bridgehead atoms. The number of nitrogens with zero attached hydrogens (tertiary/aromatic N) is 2. The number of aromatic carboxylic acids is 1. The molecule has 0 atom stereocenters. The zero-order valence-electron chi connectivity index (χ0n) is 8.97. The van der Waals surface area contributed by atoms with Gasteiger partial charge in [0, 0.05) is 18.3 Å². The van der Waals surface area contributed by atoms with Crippen LogP contribution in [0.3, 0.4) is 0 Å². The summed E-state index contributed by atoms with van der Waals surface area (Å²) in [4.78, 5) is 15.1. The van der Waals surface area contributed by atoms with Crippen LogP contribution in [0.4, 0.5) is 5.69 Å². The zero-order chi connectivity index (χ0) is 11.7. The molecule has 16 heavy (non-hydrogen) atoms. The fraction of sp³-hybridized carbons (Fsp3) is 0.273. The molecule has 0 fully saturated rings. The van der Waals surface area contributed by atoms with Gasteiger partial charge in [0.25, 0.3) is 0 Å². The molecule has 0 aliphatic carbocycles. The summed E-state index contributed by atoms with van der Waals surface area (Å²) in [5, 5.41) is 9.03. The highest BCUT2D eigenvalue weighted by molar-refractivity contribution is 5.93. The Morgan fingerprint density at radius 1 is 1.56 bits per heavy atom. The second-order valence-electron chi connectivity index (χ2n) is 3.65. The first-order valence-electron chi connectivity index (χ1n) is 5.13. The summed E-state index contributed by atoms with van der Waals surface area (Å²) in [6.07, 6.45) is 3.35. The van der Waals surface area contributed by atoms with Gasteiger partial charge in [0.1, 0.15) is 5.82 Å². The lowest BCUT2D eigenvalue weighted by Crippen LogP contribution is -1.97. The van der Waals surface area contributed by atoms with E-state index in [-0.39, 0.29) is 5.69 Å². The van der Waals surface area contributed by atoms with Crippen LogP contribution in [0.15, 0.2) is 18.3 Å². The van der Waals surface area contributed by atoms with Crippen LogP contribution >= 0.6 is 0 Å². The fourth-order valence-corrected chi connectivity index (χ4v) is 1.72. The van der Waals surface area contributed by atoms with Crippen molar-refractivity contribution in [3.63, 3.8) is 0 Å². The molecule has 0 saturated carbocycles. The highest BCUT2D eigenvalue weighted by atomic mass is 16.4. The van der Waals surface area contributed by atoms with E-state index in [0.717, 1.165) is 18.7 Å². The molecule has 84 valence electrons. The molecule has 5 nitrogen and oxygen atoms in total. The lowest BCUT2D eigenvalue weighted by Gasteiger charge is -2.00. The van der Waals surface area contributed by atoms with Crippen LogP contribution < -0.4 is 5.73 Å². The van der Waals surface area contributed by atoms with Crippen LogP contribution in [0, 0.1) is 0 Å². The van der Waals surface area contributed by atoms with Crippen molar-refractivity contribution < 1.29 is 9.90 Å². The lowest BCUT2D eigenvalue weighted by atomic mass is 10.3. The minimum atomic E-state index is -1.01. The number of pyridine rings is 1. The van der Waals surface area contributed by atoms with E-state index in [1.54, 1.807) is 22.7 Å². The van der Waals surface area contributed by atoms with Crippen LogP contribution in [0.2, 0.25) is 0 Å². The summed E-state index contributed by atoms with van der Waals surface area (Å²) >= 11 is 0. The van der Waals surface area contributed by atoms with E-state index in [1.165, 1.54) is 0 Å². The third kappa shape index (κ3) is 1.60. The summed E-state index contributed by atoms with van der Waals surface area (Å²) in [7, 11) is 0. The Hall–Kier alpha value is -2.04. The largest absolute Gasteiger partial charge is 0.476 e. The van der Waals surface area contributed by atoms with Crippen molar-refractivity contribution >= 4 is 17.2 Å². The number of aryl methyl sites for hydroxylation is 1. The molecule has 2 heterocycles. The molecule has 2 aromatic heterocycles. The van der Waals surface area contributed by atoms with Gasteiger partial charge < -0.3 is 15.2 Å². The van der Waals surface area contributed by atoms with Crippen LogP contribution in [-0.4, -0.2) is 20.5 Å². The Bertz CT molecular complexity index is 545.